The van der Waals surface area contributed by atoms with Gasteiger partial charge in [0.2, 0.25) is 0 Å². The zero-order valence-electron chi connectivity index (χ0n) is 18.3. The zero-order valence-corrected chi connectivity index (χ0v) is 18.3. The number of methoxy groups -OCH3 is 1. The molecule has 2 aromatic carbocycles. The second-order valence-corrected chi connectivity index (χ2v) is 7.66. The van der Waals surface area contributed by atoms with Crippen molar-refractivity contribution in [3.05, 3.63) is 59.7 Å². The van der Waals surface area contributed by atoms with E-state index in [9.17, 15) is 23.2 Å². The topological polar surface area (TPSA) is 100 Å². The molecule has 4 amide bonds. The highest BCUT2D eigenvalue weighted by Crippen LogP contribution is 2.30. The number of benzene rings is 2. The van der Waals surface area contributed by atoms with Crippen molar-refractivity contribution in [1.82, 2.24) is 20.7 Å². The summed E-state index contributed by atoms with van der Waals surface area (Å²) in [5, 5.41) is 3.24. The molecule has 1 saturated heterocycles. The minimum absolute atomic E-state index is 0.0107. The lowest BCUT2D eigenvalue weighted by molar-refractivity contribution is -0.139. The first-order valence-electron chi connectivity index (χ1n) is 9.95. The zero-order chi connectivity index (χ0) is 24.2. The van der Waals surface area contributed by atoms with Crippen molar-refractivity contribution in [2.75, 3.05) is 20.7 Å². The fourth-order valence-corrected chi connectivity index (χ4v) is 3.46. The van der Waals surface area contributed by atoms with Gasteiger partial charge in [0, 0.05) is 6.54 Å². The standard InChI is InChI=1S/C22H24F2N4O5/c1-22(15-7-5-8-16(11-15)32-3)19(30)28(21(31)25-22)26-18(29)13-27(2)12-14-6-4-9-17(10-14)33-20(23)24/h4-11,20H,12-13H2,1-3H3,(H,25,31)(H,26,29). The van der Waals surface area contributed by atoms with Gasteiger partial charge in [-0.3, -0.25) is 19.9 Å². The Balaban J connectivity index is 1.62. The van der Waals surface area contributed by atoms with Crippen molar-refractivity contribution in [2.24, 2.45) is 0 Å². The average Bonchev–Trinajstić information content (AvgIpc) is 2.97. The highest BCUT2D eigenvalue weighted by atomic mass is 19.3. The average molecular weight is 462 g/mol. The molecule has 2 N–H and O–H groups in total. The van der Waals surface area contributed by atoms with Crippen LogP contribution in [-0.2, 0) is 21.7 Å². The Hall–Kier alpha value is -3.73. The Morgan fingerprint density at radius 1 is 1.18 bits per heavy atom. The third-order valence-electron chi connectivity index (χ3n) is 5.06. The van der Waals surface area contributed by atoms with Crippen LogP contribution in [0, 0.1) is 0 Å². The van der Waals surface area contributed by atoms with Crippen LogP contribution in [0.3, 0.4) is 0 Å². The third kappa shape index (κ3) is 5.55. The first kappa shape index (κ1) is 23.9. The molecule has 3 rings (SSSR count). The maximum absolute atomic E-state index is 13.0. The maximum Gasteiger partial charge on any atom is 0.387 e. The molecular formula is C22H24F2N4O5. The van der Waals surface area contributed by atoms with E-state index in [1.54, 1.807) is 48.3 Å². The van der Waals surface area contributed by atoms with Crippen LogP contribution in [0.4, 0.5) is 13.6 Å². The van der Waals surface area contributed by atoms with E-state index in [1.165, 1.54) is 26.2 Å². The molecule has 11 heteroatoms. The molecule has 0 aliphatic carbocycles. The van der Waals surface area contributed by atoms with Crippen LogP contribution in [0.2, 0.25) is 0 Å². The van der Waals surface area contributed by atoms with Gasteiger partial charge >= 0.3 is 12.6 Å². The minimum Gasteiger partial charge on any atom is -0.497 e. The van der Waals surface area contributed by atoms with Crippen LogP contribution in [0.15, 0.2) is 48.5 Å². The highest BCUT2D eigenvalue weighted by molar-refractivity contribution is 6.08. The lowest BCUT2D eigenvalue weighted by Crippen LogP contribution is -2.50. The Bertz CT molecular complexity index is 1050. The van der Waals surface area contributed by atoms with Gasteiger partial charge in [-0.1, -0.05) is 24.3 Å². The van der Waals surface area contributed by atoms with Gasteiger partial charge in [-0.25, -0.2) is 4.79 Å². The summed E-state index contributed by atoms with van der Waals surface area (Å²) in [4.78, 5) is 39.5. The lowest BCUT2D eigenvalue weighted by Gasteiger charge is -2.23. The summed E-state index contributed by atoms with van der Waals surface area (Å²) in [5.74, 6) is -0.719. The molecule has 1 unspecified atom stereocenters. The quantitative estimate of drug-likeness (QED) is 0.555. The van der Waals surface area contributed by atoms with Crippen molar-refractivity contribution < 1.29 is 32.6 Å². The summed E-state index contributed by atoms with van der Waals surface area (Å²) in [7, 11) is 3.12. The van der Waals surface area contributed by atoms with E-state index in [-0.39, 0.29) is 18.8 Å². The van der Waals surface area contributed by atoms with Gasteiger partial charge in [-0.05, 0) is 49.4 Å². The first-order valence-corrected chi connectivity index (χ1v) is 9.95. The number of rotatable bonds is 9. The van der Waals surface area contributed by atoms with Crippen molar-refractivity contribution in [3.63, 3.8) is 0 Å². The van der Waals surface area contributed by atoms with E-state index < -0.39 is 30.0 Å². The summed E-state index contributed by atoms with van der Waals surface area (Å²) < 4.78 is 34.3. The fourth-order valence-electron chi connectivity index (χ4n) is 3.46. The predicted octanol–water partition coefficient (Wildman–Crippen LogP) is 2.23. The molecule has 0 spiro atoms. The van der Waals surface area contributed by atoms with Crippen molar-refractivity contribution in [1.29, 1.82) is 0 Å². The van der Waals surface area contributed by atoms with Gasteiger partial charge in [-0.15, -0.1) is 0 Å². The van der Waals surface area contributed by atoms with E-state index >= 15 is 0 Å². The normalized spacial score (nSPS) is 18.0. The molecule has 0 bridgehead atoms. The number of imide groups is 1. The van der Waals surface area contributed by atoms with Crippen LogP contribution >= 0.6 is 0 Å². The number of alkyl halides is 2. The SMILES string of the molecule is COc1cccc(C2(C)NC(=O)N(NC(=O)CN(C)Cc3cccc(OC(F)F)c3)C2=O)c1. The lowest BCUT2D eigenvalue weighted by atomic mass is 9.92. The van der Waals surface area contributed by atoms with Crippen molar-refractivity contribution in [2.45, 2.75) is 25.6 Å². The van der Waals surface area contributed by atoms with Gasteiger partial charge in [0.05, 0.1) is 13.7 Å². The van der Waals surface area contributed by atoms with E-state index in [4.69, 9.17) is 4.74 Å². The summed E-state index contributed by atoms with van der Waals surface area (Å²) in [5.41, 5.74) is 2.09. The smallest absolute Gasteiger partial charge is 0.387 e. The molecule has 1 heterocycles. The summed E-state index contributed by atoms with van der Waals surface area (Å²) in [6.45, 7) is -1.31. The molecule has 1 atom stereocenters. The van der Waals surface area contributed by atoms with E-state index in [2.05, 4.69) is 15.5 Å². The largest absolute Gasteiger partial charge is 0.497 e. The molecule has 0 radical (unpaired) electrons. The number of hydrazine groups is 1. The summed E-state index contributed by atoms with van der Waals surface area (Å²) in [6.07, 6.45) is 0. The van der Waals surface area contributed by atoms with Gasteiger partial charge < -0.3 is 14.8 Å². The van der Waals surface area contributed by atoms with Gasteiger partial charge in [0.15, 0.2) is 0 Å². The highest BCUT2D eigenvalue weighted by Gasteiger charge is 2.50. The maximum atomic E-state index is 13.0. The number of ether oxygens (including phenoxy) is 2. The van der Waals surface area contributed by atoms with E-state index in [0.717, 1.165) is 0 Å². The molecule has 0 aromatic heterocycles. The van der Waals surface area contributed by atoms with Gasteiger partial charge in [-0.2, -0.15) is 13.8 Å². The number of urea groups is 1. The number of carbonyl (C=O) groups is 3. The molecule has 176 valence electrons. The van der Waals surface area contributed by atoms with Crippen LogP contribution in [0.5, 0.6) is 11.5 Å². The molecule has 0 saturated carbocycles. The third-order valence-corrected chi connectivity index (χ3v) is 5.06. The summed E-state index contributed by atoms with van der Waals surface area (Å²) >= 11 is 0. The molecule has 2 aromatic rings. The molecule has 9 nitrogen and oxygen atoms in total. The van der Waals surface area contributed by atoms with Crippen LogP contribution < -0.4 is 20.2 Å². The summed E-state index contributed by atoms with van der Waals surface area (Å²) in [6, 6.07) is 12.0. The number of halogens is 2. The Morgan fingerprint density at radius 2 is 1.88 bits per heavy atom. The van der Waals surface area contributed by atoms with E-state index in [0.29, 0.717) is 21.9 Å². The number of hydrogen-bond acceptors (Lipinski definition) is 6. The Morgan fingerprint density at radius 3 is 2.58 bits per heavy atom. The number of likely N-dealkylation sites (N-methyl/N-ethyl adjacent to an activating group) is 1. The number of nitrogens with one attached hydrogen (secondary N) is 2. The molecule has 33 heavy (non-hydrogen) atoms. The van der Waals surface area contributed by atoms with Crippen molar-refractivity contribution in [3.8, 4) is 11.5 Å². The Labute approximate surface area is 189 Å². The predicted molar refractivity (Wildman–Crippen MR) is 113 cm³/mol. The van der Waals surface area contributed by atoms with Crippen molar-refractivity contribution >= 4 is 17.8 Å². The van der Waals surface area contributed by atoms with E-state index in [1.807, 2.05) is 0 Å². The number of amides is 4. The molecule has 1 aliphatic rings. The van der Waals surface area contributed by atoms with Gasteiger partial charge in [0.1, 0.15) is 17.0 Å². The molecule has 1 fully saturated rings. The van der Waals surface area contributed by atoms with Gasteiger partial charge in [0.25, 0.3) is 11.8 Å². The van der Waals surface area contributed by atoms with Crippen LogP contribution in [0.25, 0.3) is 0 Å². The first-order chi connectivity index (χ1) is 15.6. The number of nitrogens with zero attached hydrogens (tertiary/aromatic N) is 2. The fraction of sp³-hybridized carbons (Fsp3) is 0.318. The van der Waals surface area contributed by atoms with Crippen LogP contribution in [-0.4, -0.2) is 55.1 Å². The monoisotopic (exact) mass is 462 g/mol. The second kappa shape index (κ2) is 9.82. The number of carbonyl (C=O) groups excluding carboxylic acids is 3. The second-order valence-electron chi connectivity index (χ2n) is 7.66. The molecule has 1 aliphatic heterocycles. The molecular weight excluding hydrogens is 438 g/mol. The van der Waals surface area contributed by atoms with Crippen LogP contribution in [0.1, 0.15) is 18.1 Å². The minimum atomic E-state index is -2.93. The Kier molecular flexibility index (Phi) is 7.12. The number of hydrogen-bond donors (Lipinski definition) is 2.